The number of rotatable bonds is 3. The molecule has 0 unspecified atom stereocenters. The molecule has 0 fully saturated rings. The van der Waals surface area contributed by atoms with E-state index in [0.717, 1.165) is 11.3 Å². The minimum absolute atomic E-state index is 0.148. The van der Waals surface area contributed by atoms with Crippen molar-refractivity contribution in [2.75, 3.05) is 5.33 Å². The summed E-state index contributed by atoms with van der Waals surface area (Å²) >= 11 is 4.04. The molecule has 0 saturated carbocycles. The van der Waals surface area contributed by atoms with Gasteiger partial charge in [0.2, 0.25) is 0 Å². The highest BCUT2D eigenvalue weighted by Crippen LogP contribution is 2.19. The fourth-order valence-corrected chi connectivity index (χ4v) is 2.59. The van der Waals surface area contributed by atoms with Gasteiger partial charge in [-0.05, 0) is 11.4 Å². The summed E-state index contributed by atoms with van der Waals surface area (Å²) in [5, 5.41) is 1.75. The van der Waals surface area contributed by atoms with E-state index in [4.69, 9.17) is 0 Å². The normalized spacial score (nSPS) is 10.5. The van der Waals surface area contributed by atoms with Gasteiger partial charge in [0.25, 0.3) is 0 Å². The summed E-state index contributed by atoms with van der Waals surface area (Å²) in [7, 11) is -2.64. The van der Waals surface area contributed by atoms with Crippen LogP contribution in [0.4, 0.5) is 0 Å². The van der Waals surface area contributed by atoms with E-state index in [-0.39, 0.29) is 20.9 Å². The molecule has 0 amide bonds. The Labute approximate surface area is 83.5 Å². The molecular formula is C6H5BrO3S2. The second-order valence-corrected chi connectivity index (χ2v) is 4.69. The van der Waals surface area contributed by atoms with Crippen molar-refractivity contribution in [3.8, 4) is 0 Å². The van der Waals surface area contributed by atoms with Gasteiger partial charge in [-0.15, -0.1) is 11.3 Å². The number of Topliss-reactive ketones (excluding diaryl/α,β-unsaturated/α-hetero) is 1. The monoisotopic (exact) mass is 268 g/mol. The molecule has 1 rings (SSSR count). The Bertz CT molecular complexity index is 359. The van der Waals surface area contributed by atoms with E-state index in [9.17, 15) is 13.2 Å². The molecule has 0 bridgehead atoms. The Hall–Kier alpha value is -0.200. The molecule has 0 atom stereocenters. The number of thiophene rings is 1. The summed E-state index contributed by atoms with van der Waals surface area (Å²) in [6.45, 7) is 0. The first kappa shape index (κ1) is 9.88. The molecule has 1 aromatic rings. The lowest BCUT2D eigenvalue weighted by atomic mass is 10.2. The van der Waals surface area contributed by atoms with Gasteiger partial charge in [-0.2, -0.15) is 0 Å². The Morgan fingerprint density at radius 2 is 2.25 bits per heavy atom. The van der Waals surface area contributed by atoms with Crippen LogP contribution in [0.5, 0.6) is 0 Å². The molecule has 6 heteroatoms. The maximum absolute atomic E-state index is 11.1. The maximum atomic E-state index is 11.1. The number of carbonyl (C=O) groups is 1. The van der Waals surface area contributed by atoms with E-state index in [2.05, 4.69) is 15.9 Å². The highest BCUT2D eigenvalue weighted by molar-refractivity contribution is 9.09. The SMILES string of the molecule is O=C(CBr)c1ccsc1[SH](=O)=O. The van der Waals surface area contributed by atoms with Crippen molar-refractivity contribution in [3.63, 3.8) is 0 Å². The predicted octanol–water partition coefficient (Wildman–Crippen LogP) is 1.30. The molecule has 0 radical (unpaired) electrons. The minimum Gasteiger partial charge on any atom is -0.293 e. The molecule has 0 saturated heterocycles. The van der Waals surface area contributed by atoms with Crippen molar-refractivity contribution in [2.24, 2.45) is 0 Å². The smallest absolute Gasteiger partial charge is 0.178 e. The predicted molar refractivity (Wildman–Crippen MR) is 51.0 cm³/mol. The van der Waals surface area contributed by atoms with Crippen LogP contribution in [-0.2, 0) is 10.7 Å². The summed E-state index contributed by atoms with van der Waals surface area (Å²) < 4.78 is 21.3. The largest absolute Gasteiger partial charge is 0.293 e. The summed E-state index contributed by atoms with van der Waals surface area (Å²) in [6.07, 6.45) is 0. The average molecular weight is 269 g/mol. The van der Waals surface area contributed by atoms with E-state index in [1.807, 2.05) is 0 Å². The summed E-state index contributed by atoms with van der Waals surface area (Å²) in [5.41, 5.74) is 0.285. The number of alkyl halides is 1. The Balaban J connectivity index is 3.16. The van der Waals surface area contributed by atoms with Crippen molar-refractivity contribution in [1.29, 1.82) is 0 Å². The average Bonchev–Trinajstić information content (AvgIpc) is 2.50. The quantitative estimate of drug-likeness (QED) is 0.511. The van der Waals surface area contributed by atoms with Gasteiger partial charge in [-0.3, -0.25) is 4.79 Å². The topological polar surface area (TPSA) is 51.2 Å². The lowest BCUT2D eigenvalue weighted by Crippen LogP contribution is -2.00. The molecule has 3 nitrogen and oxygen atoms in total. The highest BCUT2D eigenvalue weighted by atomic mass is 79.9. The zero-order valence-corrected chi connectivity index (χ0v) is 9.12. The highest BCUT2D eigenvalue weighted by Gasteiger charge is 2.12. The molecular weight excluding hydrogens is 264 g/mol. The van der Waals surface area contributed by atoms with Gasteiger partial charge in [-0.25, -0.2) is 8.42 Å². The molecule has 1 heterocycles. The second-order valence-electron chi connectivity index (χ2n) is 1.95. The molecule has 0 aliphatic rings. The standard InChI is InChI=1S/C6H5BrO3S2/c7-3-5(8)4-1-2-11-6(4)12(9)10/h1-2,12H,3H2. The molecule has 0 N–H and O–H groups in total. The van der Waals surface area contributed by atoms with Gasteiger partial charge in [0.15, 0.2) is 16.5 Å². The first-order valence-corrected chi connectivity index (χ1v) is 6.15. The molecule has 0 aliphatic carbocycles. The van der Waals surface area contributed by atoms with Crippen LogP contribution in [0.25, 0.3) is 0 Å². The van der Waals surface area contributed by atoms with E-state index in [1.54, 1.807) is 5.38 Å². The van der Waals surface area contributed by atoms with Crippen LogP contribution in [-0.4, -0.2) is 19.5 Å². The fraction of sp³-hybridized carbons (Fsp3) is 0.167. The van der Waals surface area contributed by atoms with Crippen LogP contribution in [0.1, 0.15) is 10.4 Å². The van der Waals surface area contributed by atoms with Crippen molar-refractivity contribution in [1.82, 2.24) is 0 Å². The zero-order chi connectivity index (χ0) is 9.14. The van der Waals surface area contributed by atoms with E-state index in [1.165, 1.54) is 6.07 Å². The number of hydrogen-bond donors (Lipinski definition) is 1. The Morgan fingerprint density at radius 3 is 2.75 bits per heavy atom. The molecule has 0 spiro atoms. The van der Waals surface area contributed by atoms with Crippen LogP contribution >= 0.6 is 27.3 Å². The molecule has 1 aromatic heterocycles. The minimum atomic E-state index is -2.64. The second kappa shape index (κ2) is 4.15. The third kappa shape index (κ3) is 1.94. The first-order valence-electron chi connectivity index (χ1n) is 2.98. The van der Waals surface area contributed by atoms with Gasteiger partial charge in [0, 0.05) is 5.56 Å². The van der Waals surface area contributed by atoms with Crippen molar-refractivity contribution >= 4 is 43.8 Å². The fourth-order valence-electron chi connectivity index (χ4n) is 0.727. The lowest BCUT2D eigenvalue weighted by Gasteiger charge is -1.91. The van der Waals surface area contributed by atoms with Crippen LogP contribution < -0.4 is 0 Å². The van der Waals surface area contributed by atoms with Gasteiger partial charge in [0.1, 0.15) is 4.21 Å². The maximum Gasteiger partial charge on any atom is 0.178 e. The van der Waals surface area contributed by atoms with Crippen molar-refractivity contribution in [2.45, 2.75) is 4.21 Å². The first-order chi connectivity index (χ1) is 5.66. The van der Waals surface area contributed by atoms with E-state index in [0.29, 0.717) is 0 Å². The van der Waals surface area contributed by atoms with E-state index < -0.39 is 10.7 Å². The lowest BCUT2D eigenvalue weighted by molar-refractivity contribution is 0.102. The number of ketones is 1. The molecule has 66 valence electrons. The summed E-state index contributed by atoms with van der Waals surface area (Å²) in [6, 6.07) is 1.52. The molecule has 0 aromatic carbocycles. The summed E-state index contributed by atoms with van der Waals surface area (Å²) in [4.78, 5) is 11.1. The van der Waals surface area contributed by atoms with Gasteiger partial charge >= 0.3 is 0 Å². The van der Waals surface area contributed by atoms with Crippen molar-refractivity contribution < 1.29 is 13.2 Å². The molecule has 0 aliphatic heterocycles. The number of carbonyl (C=O) groups excluding carboxylic acids is 1. The van der Waals surface area contributed by atoms with Crippen LogP contribution in [0.2, 0.25) is 0 Å². The third-order valence-electron chi connectivity index (χ3n) is 1.23. The van der Waals surface area contributed by atoms with Gasteiger partial charge in [0.05, 0.1) is 5.33 Å². The van der Waals surface area contributed by atoms with Gasteiger partial charge in [-0.1, -0.05) is 15.9 Å². The summed E-state index contributed by atoms with van der Waals surface area (Å²) in [5.74, 6) is -0.203. The van der Waals surface area contributed by atoms with Gasteiger partial charge < -0.3 is 0 Å². The molecule has 12 heavy (non-hydrogen) atoms. The van der Waals surface area contributed by atoms with E-state index >= 15 is 0 Å². The van der Waals surface area contributed by atoms with Crippen LogP contribution in [0.3, 0.4) is 0 Å². The zero-order valence-electron chi connectivity index (χ0n) is 5.82. The Kier molecular flexibility index (Phi) is 3.42. The number of thiol groups is 1. The Morgan fingerprint density at radius 1 is 1.58 bits per heavy atom. The third-order valence-corrected chi connectivity index (χ3v) is 3.79. The van der Waals surface area contributed by atoms with Crippen LogP contribution in [0.15, 0.2) is 15.7 Å². The van der Waals surface area contributed by atoms with Crippen molar-refractivity contribution in [3.05, 3.63) is 17.0 Å². The number of hydrogen-bond acceptors (Lipinski definition) is 4. The number of halogens is 1. The van der Waals surface area contributed by atoms with Crippen LogP contribution in [0, 0.1) is 0 Å².